The number of para-hydroxylation sites is 1. The maximum Gasteiger partial charge on any atom is 0.338 e. The van der Waals surface area contributed by atoms with Crippen molar-refractivity contribution in [2.45, 2.75) is 18.9 Å². The summed E-state index contributed by atoms with van der Waals surface area (Å²) in [4.78, 5) is 26.6. The fourth-order valence-electron chi connectivity index (χ4n) is 3.49. The SMILES string of the molecule is O=C(OCCOc1ccccc1Cl)c1ccc2c(c1)NC(=O)[C@@H]1CCCN21. The smallest absolute Gasteiger partial charge is 0.338 e. The molecule has 0 spiro atoms. The van der Waals surface area contributed by atoms with E-state index in [1.54, 1.807) is 24.3 Å². The lowest BCUT2D eigenvalue weighted by atomic mass is 10.1. The molecular weight excluding hydrogens is 368 g/mol. The Labute approximate surface area is 162 Å². The van der Waals surface area contributed by atoms with Crippen LogP contribution < -0.4 is 15.0 Å². The highest BCUT2D eigenvalue weighted by Gasteiger charge is 2.36. The van der Waals surface area contributed by atoms with Gasteiger partial charge in [0.15, 0.2) is 0 Å². The first-order valence-electron chi connectivity index (χ1n) is 8.89. The molecule has 0 aromatic heterocycles. The first-order chi connectivity index (χ1) is 13.1. The van der Waals surface area contributed by atoms with Gasteiger partial charge in [-0.25, -0.2) is 4.79 Å². The van der Waals surface area contributed by atoms with Gasteiger partial charge in [0.1, 0.15) is 25.0 Å². The van der Waals surface area contributed by atoms with Crippen molar-refractivity contribution >= 4 is 34.9 Å². The maximum absolute atomic E-state index is 12.3. The van der Waals surface area contributed by atoms with E-state index in [-0.39, 0.29) is 25.2 Å². The standard InChI is InChI=1S/C20H19ClN2O4/c21-14-4-1-2-6-18(14)26-10-11-27-20(25)13-7-8-16-15(12-13)22-19(24)17-5-3-9-23(16)17/h1-2,4,6-8,12,17H,3,5,9-11H2,(H,22,24)/t17-/m0/s1. The number of carbonyl (C=O) groups excluding carboxylic acids is 2. The summed E-state index contributed by atoms with van der Waals surface area (Å²) in [5, 5.41) is 3.40. The number of hydrogen-bond acceptors (Lipinski definition) is 5. The van der Waals surface area contributed by atoms with Crippen LogP contribution in [0.25, 0.3) is 0 Å². The van der Waals surface area contributed by atoms with E-state index in [1.807, 2.05) is 18.2 Å². The van der Waals surface area contributed by atoms with Gasteiger partial charge in [-0.1, -0.05) is 23.7 Å². The molecule has 0 bridgehead atoms. The van der Waals surface area contributed by atoms with E-state index in [1.165, 1.54) is 0 Å². The van der Waals surface area contributed by atoms with Crippen LogP contribution in [-0.2, 0) is 9.53 Å². The van der Waals surface area contributed by atoms with Gasteiger partial charge in [0, 0.05) is 6.54 Å². The van der Waals surface area contributed by atoms with Crippen molar-refractivity contribution < 1.29 is 19.1 Å². The van der Waals surface area contributed by atoms with Crippen LogP contribution in [0, 0.1) is 0 Å². The van der Waals surface area contributed by atoms with Gasteiger partial charge in [-0.15, -0.1) is 0 Å². The van der Waals surface area contributed by atoms with Gasteiger partial charge >= 0.3 is 5.97 Å². The van der Waals surface area contributed by atoms with Crippen molar-refractivity contribution in [3.05, 3.63) is 53.1 Å². The fraction of sp³-hybridized carbons (Fsp3) is 0.300. The molecule has 7 heteroatoms. The van der Waals surface area contributed by atoms with Crippen molar-refractivity contribution in [2.24, 2.45) is 0 Å². The molecule has 0 saturated carbocycles. The van der Waals surface area contributed by atoms with Crippen molar-refractivity contribution in [3.63, 3.8) is 0 Å². The first-order valence-corrected chi connectivity index (χ1v) is 9.27. The number of anilines is 2. The van der Waals surface area contributed by atoms with Gasteiger partial charge in [-0.2, -0.15) is 0 Å². The molecule has 1 saturated heterocycles. The normalized spacial score (nSPS) is 17.7. The van der Waals surface area contributed by atoms with Crippen molar-refractivity contribution in [2.75, 3.05) is 30.0 Å². The Balaban J connectivity index is 1.36. The lowest BCUT2D eigenvalue weighted by molar-refractivity contribution is -0.117. The fourth-order valence-corrected chi connectivity index (χ4v) is 3.68. The summed E-state index contributed by atoms with van der Waals surface area (Å²) in [5.74, 6) is 0.0730. The van der Waals surface area contributed by atoms with Gasteiger partial charge in [-0.05, 0) is 43.2 Å². The lowest BCUT2D eigenvalue weighted by Crippen LogP contribution is -2.43. The number of halogens is 1. The third-order valence-corrected chi connectivity index (χ3v) is 5.08. The van der Waals surface area contributed by atoms with Crippen LogP contribution in [0.1, 0.15) is 23.2 Å². The Kier molecular flexibility index (Phi) is 4.90. The van der Waals surface area contributed by atoms with Crippen LogP contribution in [0.5, 0.6) is 5.75 Å². The van der Waals surface area contributed by atoms with E-state index in [9.17, 15) is 9.59 Å². The predicted octanol–water partition coefficient (Wildman–Crippen LogP) is 3.50. The van der Waals surface area contributed by atoms with E-state index in [0.717, 1.165) is 25.1 Å². The molecule has 2 aromatic rings. The van der Waals surface area contributed by atoms with E-state index in [0.29, 0.717) is 22.0 Å². The van der Waals surface area contributed by atoms with Gasteiger partial charge in [0.05, 0.1) is 22.0 Å². The second kappa shape index (κ2) is 7.48. The molecule has 1 atom stereocenters. The Morgan fingerprint density at radius 2 is 2.07 bits per heavy atom. The van der Waals surface area contributed by atoms with Crippen LogP contribution in [0.15, 0.2) is 42.5 Å². The van der Waals surface area contributed by atoms with Gasteiger partial charge in [-0.3, -0.25) is 4.79 Å². The molecule has 2 aliphatic heterocycles. The molecule has 0 aliphatic carbocycles. The second-order valence-electron chi connectivity index (χ2n) is 6.49. The molecule has 2 heterocycles. The molecule has 2 aliphatic rings. The van der Waals surface area contributed by atoms with Crippen molar-refractivity contribution in [1.82, 2.24) is 0 Å². The third-order valence-electron chi connectivity index (χ3n) is 4.77. The first kappa shape index (κ1) is 17.7. The lowest BCUT2D eigenvalue weighted by Gasteiger charge is -2.33. The van der Waals surface area contributed by atoms with E-state index >= 15 is 0 Å². The Bertz CT molecular complexity index is 886. The molecule has 1 amide bonds. The zero-order valence-corrected chi connectivity index (χ0v) is 15.4. The molecule has 0 unspecified atom stereocenters. The van der Waals surface area contributed by atoms with E-state index in [4.69, 9.17) is 21.1 Å². The quantitative estimate of drug-likeness (QED) is 0.629. The summed E-state index contributed by atoms with van der Waals surface area (Å²) in [7, 11) is 0. The van der Waals surface area contributed by atoms with Crippen LogP contribution in [0.4, 0.5) is 11.4 Å². The number of carbonyl (C=O) groups is 2. The summed E-state index contributed by atoms with van der Waals surface area (Å²) >= 11 is 6.01. The van der Waals surface area contributed by atoms with Crippen molar-refractivity contribution in [1.29, 1.82) is 0 Å². The minimum absolute atomic E-state index is 0.0151. The molecule has 6 nitrogen and oxygen atoms in total. The molecular formula is C20H19ClN2O4. The number of rotatable bonds is 5. The van der Waals surface area contributed by atoms with E-state index < -0.39 is 5.97 Å². The second-order valence-corrected chi connectivity index (χ2v) is 6.89. The predicted molar refractivity (Wildman–Crippen MR) is 103 cm³/mol. The van der Waals surface area contributed by atoms with Crippen LogP contribution >= 0.6 is 11.6 Å². The molecule has 4 rings (SSSR count). The largest absolute Gasteiger partial charge is 0.488 e. The monoisotopic (exact) mass is 386 g/mol. The Morgan fingerprint density at radius 3 is 2.93 bits per heavy atom. The summed E-state index contributed by atoms with van der Waals surface area (Å²) in [6, 6.07) is 12.3. The number of nitrogens with zero attached hydrogens (tertiary/aromatic N) is 1. The minimum atomic E-state index is -0.460. The minimum Gasteiger partial charge on any atom is -0.488 e. The summed E-state index contributed by atoms with van der Waals surface area (Å²) in [5.41, 5.74) is 2.00. The number of hydrogen-bond donors (Lipinski definition) is 1. The third kappa shape index (κ3) is 3.57. The number of fused-ring (bicyclic) bond motifs is 3. The number of amides is 1. The number of esters is 1. The average molecular weight is 387 g/mol. The zero-order valence-electron chi connectivity index (χ0n) is 14.6. The highest BCUT2D eigenvalue weighted by molar-refractivity contribution is 6.32. The van der Waals surface area contributed by atoms with E-state index in [2.05, 4.69) is 10.2 Å². The summed E-state index contributed by atoms with van der Waals surface area (Å²) in [6.07, 6.45) is 1.85. The van der Waals surface area contributed by atoms with Crippen LogP contribution in [0.2, 0.25) is 5.02 Å². The maximum atomic E-state index is 12.3. The molecule has 140 valence electrons. The Morgan fingerprint density at radius 1 is 1.22 bits per heavy atom. The highest BCUT2D eigenvalue weighted by atomic mass is 35.5. The topological polar surface area (TPSA) is 67.9 Å². The molecule has 1 fully saturated rings. The molecule has 1 N–H and O–H groups in total. The molecule has 2 aromatic carbocycles. The molecule has 0 radical (unpaired) electrons. The Hall–Kier alpha value is -2.73. The van der Waals surface area contributed by atoms with Crippen LogP contribution in [0.3, 0.4) is 0 Å². The van der Waals surface area contributed by atoms with Crippen LogP contribution in [-0.4, -0.2) is 37.7 Å². The summed E-state index contributed by atoms with van der Waals surface area (Å²) in [6.45, 7) is 1.16. The number of benzene rings is 2. The van der Waals surface area contributed by atoms with Gasteiger partial charge < -0.3 is 19.7 Å². The number of nitrogens with one attached hydrogen (secondary N) is 1. The number of ether oxygens (including phenoxy) is 2. The highest BCUT2D eigenvalue weighted by Crippen LogP contribution is 2.37. The van der Waals surface area contributed by atoms with Gasteiger partial charge in [0.2, 0.25) is 5.91 Å². The summed E-state index contributed by atoms with van der Waals surface area (Å²) < 4.78 is 10.8. The molecule has 27 heavy (non-hydrogen) atoms. The van der Waals surface area contributed by atoms with Gasteiger partial charge in [0.25, 0.3) is 0 Å². The average Bonchev–Trinajstić information content (AvgIpc) is 3.17. The zero-order chi connectivity index (χ0) is 18.8. The van der Waals surface area contributed by atoms with Crippen molar-refractivity contribution in [3.8, 4) is 5.75 Å².